The number of rotatable bonds is 2. The fourth-order valence-electron chi connectivity index (χ4n) is 6.76. The third kappa shape index (κ3) is 3.02. The van der Waals surface area contributed by atoms with E-state index in [1.807, 2.05) is 0 Å². The van der Waals surface area contributed by atoms with Crippen molar-refractivity contribution in [3.05, 3.63) is 133 Å². The molecule has 0 bridgehead atoms. The van der Waals surface area contributed by atoms with Gasteiger partial charge < -0.3 is 15.0 Å². The molecule has 186 valence electrons. The number of nitrogens with one attached hydrogen (secondary N) is 2. The van der Waals surface area contributed by atoms with Crippen molar-refractivity contribution in [3.63, 3.8) is 0 Å². The molecule has 0 fully saturated rings. The number of anilines is 2. The Morgan fingerprint density at radius 3 is 2.00 bits per heavy atom. The van der Waals surface area contributed by atoms with E-state index in [4.69, 9.17) is 0 Å². The summed E-state index contributed by atoms with van der Waals surface area (Å²) in [6.45, 7) is 0.0555. The molecular weight excluding hydrogens is 485 g/mol. The van der Waals surface area contributed by atoms with Gasteiger partial charge in [-0.05, 0) is 76.2 Å². The largest absolute Gasteiger partial charge is 0.407 e. The van der Waals surface area contributed by atoms with Crippen LogP contribution in [0, 0.1) is 0 Å². The predicted octanol–water partition coefficient (Wildman–Crippen LogP) is 8.33. The number of hydrogen-bond donors (Lipinski definition) is 2. The van der Waals surface area contributed by atoms with Crippen molar-refractivity contribution in [1.82, 2.24) is 4.57 Å². The van der Waals surface area contributed by atoms with E-state index in [0.29, 0.717) is 0 Å². The van der Waals surface area contributed by atoms with Gasteiger partial charge in [0.05, 0.1) is 11.0 Å². The molecule has 6 aromatic carbocycles. The smallest absolute Gasteiger partial charge is 0.405 e. The number of para-hydroxylation sites is 3. The van der Waals surface area contributed by atoms with Gasteiger partial charge in [0.15, 0.2) is 0 Å². The molecule has 1 aromatic heterocycles. The molecule has 0 saturated carbocycles. The van der Waals surface area contributed by atoms with Gasteiger partial charge in [-0.25, -0.2) is 0 Å². The van der Waals surface area contributed by atoms with E-state index in [-0.39, 0.29) is 6.98 Å². The van der Waals surface area contributed by atoms with Gasteiger partial charge in [-0.1, -0.05) is 84.9 Å². The SMILES string of the molecule is c1ccc(-n2c3ccccc3c3cc(-c4ccc5c(c4)-c4cccc6c4B(Nc4ccccc4-6)N5)ccc32)cc1. The van der Waals surface area contributed by atoms with Crippen LogP contribution in [0.5, 0.6) is 0 Å². The lowest BCUT2D eigenvalue weighted by Gasteiger charge is -2.34. The molecule has 3 nitrogen and oxygen atoms in total. The second kappa shape index (κ2) is 8.14. The summed E-state index contributed by atoms with van der Waals surface area (Å²) in [6.07, 6.45) is 0. The molecule has 40 heavy (non-hydrogen) atoms. The van der Waals surface area contributed by atoms with Gasteiger partial charge >= 0.3 is 6.98 Å². The molecule has 2 N–H and O–H groups in total. The van der Waals surface area contributed by atoms with Crippen LogP contribution in [-0.4, -0.2) is 11.5 Å². The Hall–Kier alpha value is -5.22. The maximum atomic E-state index is 3.78. The van der Waals surface area contributed by atoms with Crippen LogP contribution in [0.4, 0.5) is 11.4 Å². The van der Waals surface area contributed by atoms with E-state index >= 15 is 0 Å². The van der Waals surface area contributed by atoms with Crippen molar-refractivity contribution < 1.29 is 0 Å². The van der Waals surface area contributed by atoms with Crippen molar-refractivity contribution in [2.24, 2.45) is 0 Å². The minimum absolute atomic E-state index is 0.0555. The van der Waals surface area contributed by atoms with Gasteiger partial charge in [0.2, 0.25) is 0 Å². The first-order valence-electron chi connectivity index (χ1n) is 13.8. The Balaban J connectivity index is 1.22. The highest BCUT2D eigenvalue weighted by Gasteiger charge is 2.35. The molecule has 2 aliphatic heterocycles. The molecule has 2 aliphatic rings. The van der Waals surface area contributed by atoms with Crippen molar-refractivity contribution in [2.45, 2.75) is 0 Å². The number of fused-ring (bicyclic) bond motifs is 7. The first-order chi connectivity index (χ1) is 19.8. The van der Waals surface area contributed by atoms with Crippen molar-refractivity contribution >= 4 is 45.6 Å². The molecule has 0 unspecified atom stereocenters. The maximum absolute atomic E-state index is 3.78. The number of hydrogen-bond acceptors (Lipinski definition) is 2. The molecule has 3 heterocycles. The summed E-state index contributed by atoms with van der Waals surface area (Å²) in [7, 11) is 0. The van der Waals surface area contributed by atoms with Gasteiger partial charge in [-0.3, -0.25) is 0 Å². The minimum atomic E-state index is 0.0555. The summed E-state index contributed by atoms with van der Waals surface area (Å²) >= 11 is 0. The number of nitrogens with zero attached hydrogens (tertiary/aromatic N) is 1. The standard InChI is InChI=1S/C36H24BN3/c1-2-9-25(10-3-1)40-34-16-7-5-12-27(34)31-22-24(18-20-35(31)40)23-17-19-33-30(21-23)29-14-8-13-28-26-11-4-6-15-32(26)38-37(39-33)36(28)29/h1-22,38-39H. The Morgan fingerprint density at radius 2 is 1.10 bits per heavy atom. The molecule has 0 saturated heterocycles. The van der Waals surface area contributed by atoms with Gasteiger partial charge in [-0.15, -0.1) is 0 Å². The van der Waals surface area contributed by atoms with E-state index in [1.165, 1.54) is 72.0 Å². The van der Waals surface area contributed by atoms with Crippen molar-refractivity contribution in [2.75, 3.05) is 10.5 Å². The summed E-state index contributed by atoms with van der Waals surface area (Å²) < 4.78 is 2.37. The lowest BCUT2D eigenvalue weighted by Crippen LogP contribution is -2.52. The van der Waals surface area contributed by atoms with Crippen LogP contribution in [0.25, 0.3) is 60.9 Å². The molecule has 0 atom stereocenters. The van der Waals surface area contributed by atoms with Gasteiger partial charge in [0, 0.05) is 39.0 Å². The molecule has 7 aromatic rings. The van der Waals surface area contributed by atoms with Crippen LogP contribution < -0.4 is 15.9 Å². The number of aromatic nitrogens is 1. The molecular formula is C36H24BN3. The zero-order valence-corrected chi connectivity index (χ0v) is 21.7. The fraction of sp³-hybridized carbons (Fsp3) is 0. The second-order valence-corrected chi connectivity index (χ2v) is 10.7. The Labute approximate surface area is 232 Å². The first-order valence-corrected chi connectivity index (χ1v) is 13.8. The number of benzene rings is 6. The minimum Gasteiger partial charge on any atom is -0.405 e. The second-order valence-electron chi connectivity index (χ2n) is 10.7. The van der Waals surface area contributed by atoms with E-state index in [2.05, 4.69) is 148 Å². The molecule has 4 heteroatoms. The first kappa shape index (κ1) is 21.7. The fourth-order valence-corrected chi connectivity index (χ4v) is 6.76. The van der Waals surface area contributed by atoms with E-state index < -0.39 is 0 Å². The van der Waals surface area contributed by atoms with E-state index in [1.54, 1.807) is 0 Å². The molecule has 0 aliphatic carbocycles. The molecule has 0 spiro atoms. The van der Waals surface area contributed by atoms with Crippen molar-refractivity contribution in [1.29, 1.82) is 0 Å². The molecule has 0 amide bonds. The Kier molecular flexibility index (Phi) is 4.41. The van der Waals surface area contributed by atoms with E-state index in [9.17, 15) is 0 Å². The van der Waals surface area contributed by atoms with Crippen LogP contribution in [0.1, 0.15) is 0 Å². The third-order valence-electron chi connectivity index (χ3n) is 8.54. The third-order valence-corrected chi connectivity index (χ3v) is 8.54. The topological polar surface area (TPSA) is 29.0 Å². The van der Waals surface area contributed by atoms with Gasteiger partial charge in [0.1, 0.15) is 0 Å². The Bertz CT molecular complexity index is 2130. The lowest BCUT2D eigenvalue weighted by molar-refractivity contribution is 1.18. The monoisotopic (exact) mass is 509 g/mol. The van der Waals surface area contributed by atoms with Gasteiger partial charge in [-0.2, -0.15) is 0 Å². The Morgan fingerprint density at radius 1 is 0.450 bits per heavy atom. The molecule has 0 radical (unpaired) electrons. The normalized spacial score (nSPS) is 12.8. The zero-order valence-electron chi connectivity index (χ0n) is 21.7. The summed E-state index contributed by atoms with van der Waals surface area (Å²) in [5.41, 5.74) is 14.8. The van der Waals surface area contributed by atoms with Crippen molar-refractivity contribution in [3.8, 4) is 39.1 Å². The summed E-state index contributed by atoms with van der Waals surface area (Å²) in [6, 6.07) is 48.4. The van der Waals surface area contributed by atoms with Crippen LogP contribution >= 0.6 is 0 Å². The lowest BCUT2D eigenvalue weighted by atomic mass is 9.57. The van der Waals surface area contributed by atoms with Gasteiger partial charge in [0.25, 0.3) is 0 Å². The predicted molar refractivity (Wildman–Crippen MR) is 170 cm³/mol. The maximum Gasteiger partial charge on any atom is 0.407 e. The molecule has 9 rings (SSSR count). The summed E-state index contributed by atoms with van der Waals surface area (Å²) in [4.78, 5) is 0. The average Bonchev–Trinajstić information content (AvgIpc) is 3.35. The highest BCUT2D eigenvalue weighted by molar-refractivity contribution is 6.83. The van der Waals surface area contributed by atoms with Crippen LogP contribution in [0.15, 0.2) is 133 Å². The quantitative estimate of drug-likeness (QED) is 0.230. The van der Waals surface area contributed by atoms with E-state index in [0.717, 1.165) is 5.69 Å². The average molecular weight is 509 g/mol. The summed E-state index contributed by atoms with van der Waals surface area (Å²) in [5, 5.41) is 10.0. The van der Waals surface area contributed by atoms with Crippen LogP contribution in [0.2, 0.25) is 0 Å². The highest BCUT2D eigenvalue weighted by atomic mass is 15.0. The summed E-state index contributed by atoms with van der Waals surface area (Å²) in [5.74, 6) is 0. The highest BCUT2D eigenvalue weighted by Crippen LogP contribution is 2.41. The van der Waals surface area contributed by atoms with Crippen LogP contribution in [0.3, 0.4) is 0 Å². The zero-order chi connectivity index (χ0) is 26.2. The van der Waals surface area contributed by atoms with Crippen LogP contribution in [-0.2, 0) is 0 Å².